The van der Waals surface area contributed by atoms with Crippen LogP contribution in [0.5, 0.6) is 0 Å². The number of aromatic nitrogens is 1. The average Bonchev–Trinajstić information content (AvgIpc) is 2.45. The topological polar surface area (TPSA) is 31.4 Å². The summed E-state index contributed by atoms with van der Waals surface area (Å²) in [6.07, 6.45) is 0.990. The molecule has 2 heterocycles. The number of hydrogen-bond donors (Lipinski definition) is 1. The van der Waals surface area contributed by atoms with Gasteiger partial charge in [0.2, 0.25) is 0 Å². The molecule has 0 bridgehead atoms. The second-order valence-electron chi connectivity index (χ2n) is 7.07. The van der Waals surface area contributed by atoms with Gasteiger partial charge in [-0.2, -0.15) is 0 Å². The molecule has 0 saturated carbocycles. The molecule has 0 atom stereocenters. The number of piperazine rings is 1. The van der Waals surface area contributed by atoms with Crippen molar-refractivity contribution in [2.75, 3.05) is 38.1 Å². The molecular formula is C17H30N4. The smallest absolute Gasteiger partial charge is 0.129 e. The molecule has 1 saturated heterocycles. The van der Waals surface area contributed by atoms with E-state index in [2.05, 4.69) is 62.0 Å². The molecule has 118 valence electrons. The quantitative estimate of drug-likeness (QED) is 0.922. The fourth-order valence-corrected chi connectivity index (χ4v) is 2.48. The predicted octanol–water partition coefficient (Wildman–Crippen LogP) is 2.28. The standard InChI is InChI=1S/C17H30N4/c1-6-15-11-14(13-18-17(2,3)4)12-16(19-15)21-9-7-20(5)8-10-21/h11-12,18H,6-10,13H2,1-5H3. The van der Waals surface area contributed by atoms with Crippen LogP contribution in [0.3, 0.4) is 0 Å². The summed E-state index contributed by atoms with van der Waals surface area (Å²) in [6, 6.07) is 4.49. The van der Waals surface area contributed by atoms with E-state index in [1.807, 2.05) is 0 Å². The van der Waals surface area contributed by atoms with Gasteiger partial charge in [-0.25, -0.2) is 4.98 Å². The second kappa shape index (κ2) is 6.75. The van der Waals surface area contributed by atoms with Gasteiger partial charge in [0.05, 0.1) is 0 Å². The largest absolute Gasteiger partial charge is 0.354 e. The first-order chi connectivity index (χ1) is 9.87. The lowest BCUT2D eigenvalue weighted by Gasteiger charge is -2.33. The number of nitrogens with one attached hydrogen (secondary N) is 1. The Bertz CT molecular complexity index is 456. The van der Waals surface area contributed by atoms with Gasteiger partial charge in [-0.3, -0.25) is 0 Å². The number of rotatable bonds is 4. The fourth-order valence-electron chi connectivity index (χ4n) is 2.48. The van der Waals surface area contributed by atoms with Gasteiger partial charge < -0.3 is 15.1 Å². The van der Waals surface area contributed by atoms with Gasteiger partial charge in [0, 0.05) is 44.0 Å². The Kier molecular flexibility index (Phi) is 5.22. The summed E-state index contributed by atoms with van der Waals surface area (Å²) in [7, 11) is 2.19. The molecule has 0 radical (unpaired) electrons. The molecule has 1 aromatic heterocycles. The lowest BCUT2D eigenvalue weighted by molar-refractivity contribution is 0.312. The summed E-state index contributed by atoms with van der Waals surface area (Å²) in [5.41, 5.74) is 2.67. The van der Waals surface area contributed by atoms with Crippen molar-refractivity contribution < 1.29 is 0 Å². The summed E-state index contributed by atoms with van der Waals surface area (Å²) in [5, 5.41) is 3.57. The molecule has 4 nitrogen and oxygen atoms in total. The molecule has 1 aromatic rings. The van der Waals surface area contributed by atoms with Crippen LogP contribution in [0.15, 0.2) is 12.1 Å². The van der Waals surface area contributed by atoms with E-state index in [9.17, 15) is 0 Å². The van der Waals surface area contributed by atoms with Gasteiger partial charge >= 0.3 is 0 Å². The molecule has 0 spiro atoms. The third-order valence-electron chi connectivity index (χ3n) is 3.94. The fraction of sp³-hybridized carbons (Fsp3) is 0.706. The highest BCUT2D eigenvalue weighted by Gasteiger charge is 2.17. The van der Waals surface area contributed by atoms with Crippen LogP contribution in [0.4, 0.5) is 5.82 Å². The van der Waals surface area contributed by atoms with Gasteiger partial charge in [0.25, 0.3) is 0 Å². The van der Waals surface area contributed by atoms with E-state index in [4.69, 9.17) is 4.98 Å². The highest BCUT2D eigenvalue weighted by molar-refractivity contribution is 5.43. The summed E-state index contributed by atoms with van der Waals surface area (Å²) < 4.78 is 0. The number of anilines is 1. The molecular weight excluding hydrogens is 260 g/mol. The summed E-state index contributed by atoms with van der Waals surface area (Å²) in [6.45, 7) is 14.1. The van der Waals surface area contributed by atoms with Gasteiger partial charge in [-0.05, 0) is 51.9 Å². The molecule has 0 amide bonds. The van der Waals surface area contributed by atoms with Crippen LogP contribution >= 0.6 is 0 Å². The normalized spacial score (nSPS) is 17.3. The minimum absolute atomic E-state index is 0.143. The average molecular weight is 290 g/mol. The van der Waals surface area contributed by atoms with E-state index in [1.165, 1.54) is 11.3 Å². The predicted molar refractivity (Wildman–Crippen MR) is 89.9 cm³/mol. The molecule has 1 aliphatic heterocycles. The van der Waals surface area contributed by atoms with E-state index in [0.717, 1.165) is 45.0 Å². The monoisotopic (exact) mass is 290 g/mol. The van der Waals surface area contributed by atoms with Gasteiger partial charge in [0.15, 0.2) is 0 Å². The molecule has 1 fully saturated rings. The lowest BCUT2D eigenvalue weighted by atomic mass is 10.1. The number of likely N-dealkylation sites (N-methyl/N-ethyl adjacent to an activating group) is 1. The summed E-state index contributed by atoms with van der Waals surface area (Å²) in [5.74, 6) is 1.15. The van der Waals surface area contributed by atoms with Crippen molar-refractivity contribution >= 4 is 5.82 Å². The Labute approximate surface area is 129 Å². The first-order valence-corrected chi connectivity index (χ1v) is 8.06. The Balaban J connectivity index is 2.13. The number of pyridine rings is 1. The Morgan fingerprint density at radius 3 is 2.38 bits per heavy atom. The molecule has 21 heavy (non-hydrogen) atoms. The van der Waals surface area contributed by atoms with Crippen molar-refractivity contribution in [2.45, 2.75) is 46.2 Å². The Morgan fingerprint density at radius 1 is 1.14 bits per heavy atom. The molecule has 1 N–H and O–H groups in total. The molecule has 1 aliphatic rings. The van der Waals surface area contributed by atoms with E-state index in [0.29, 0.717) is 0 Å². The highest BCUT2D eigenvalue weighted by Crippen LogP contribution is 2.18. The maximum atomic E-state index is 4.82. The van der Waals surface area contributed by atoms with Crippen molar-refractivity contribution in [3.63, 3.8) is 0 Å². The Hall–Kier alpha value is -1.13. The number of aryl methyl sites for hydroxylation is 1. The maximum Gasteiger partial charge on any atom is 0.129 e. The zero-order chi connectivity index (χ0) is 15.5. The van der Waals surface area contributed by atoms with Crippen molar-refractivity contribution in [1.82, 2.24) is 15.2 Å². The van der Waals surface area contributed by atoms with Crippen LogP contribution in [0, 0.1) is 0 Å². The number of hydrogen-bond acceptors (Lipinski definition) is 4. The minimum Gasteiger partial charge on any atom is -0.354 e. The van der Waals surface area contributed by atoms with Gasteiger partial charge in [-0.1, -0.05) is 6.92 Å². The SMILES string of the molecule is CCc1cc(CNC(C)(C)C)cc(N2CCN(C)CC2)n1. The first-order valence-electron chi connectivity index (χ1n) is 8.06. The minimum atomic E-state index is 0.143. The van der Waals surface area contributed by atoms with Crippen LogP contribution in [-0.2, 0) is 13.0 Å². The van der Waals surface area contributed by atoms with Gasteiger partial charge in [-0.15, -0.1) is 0 Å². The van der Waals surface area contributed by atoms with E-state index in [1.54, 1.807) is 0 Å². The van der Waals surface area contributed by atoms with Crippen LogP contribution in [0.2, 0.25) is 0 Å². The molecule has 0 unspecified atom stereocenters. The maximum absolute atomic E-state index is 4.82. The molecule has 0 aromatic carbocycles. The zero-order valence-corrected chi connectivity index (χ0v) is 14.2. The zero-order valence-electron chi connectivity index (χ0n) is 14.2. The second-order valence-corrected chi connectivity index (χ2v) is 7.07. The molecule has 0 aliphatic carbocycles. The van der Waals surface area contributed by atoms with Gasteiger partial charge in [0.1, 0.15) is 5.82 Å². The van der Waals surface area contributed by atoms with Crippen LogP contribution < -0.4 is 10.2 Å². The van der Waals surface area contributed by atoms with Crippen LogP contribution in [-0.4, -0.2) is 48.6 Å². The van der Waals surface area contributed by atoms with Crippen molar-refractivity contribution in [1.29, 1.82) is 0 Å². The first kappa shape index (κ1) is 16.2. The van der Waals surface area contributed by atoms with Crippen molar-refractivity contribution in [3.8, 4) is 0 Å². The Morgan fingerprint density at radius 2 is 1.81 bits per heavy atom. The molecule has 4 heteroatoms. The number of nitrogens with zero attached hydrogens (tertiary/aromatic N) is 3. The highest BCUT2D eigenvalue weighted by atomic mass is 15.3. The lowest BCUT2D eigenvalue weighted by Crippen LogP contribution is -2.45. The summed E-state index contributed by atoms with van der Waals surface area (Å²) in [4.78, 5) is 9.62. The van der Waals surface area contributed by atoms with Crippen LogP contribution in [0.25, 0.3) is 0 Å². The van der Waals surface area contributed by atoms with E-state index < -0.39 is 0 Å². The van der Waals surface area contributed by atoms with E-state index in [-0.39, 0.29) is 5.54 Å². The van der Waals surface area contributed by atoms with E-state index >= 15 is 0 Å². The van der Waals surface area contributed by atoms with Crippen molar-refractivity contribution in [3.05, 3.63) is 23.4 Å². The van der Waals surface area contributed by atoms with Crippen molar-refractivity contribution in [2.24, 2.45) is 0 Å². The summed E-state index contributed by atoms with van der Waals surface area (Å²) >= 11 is 0. The third-order valence-corrected chi connectivity index (χ3v) is 3.94. The molecule has 2 rings (SSSR count). The van der Waals surface area contributed by atoms with Crippen LogP contribution in [0.1, 0.15) is 39.0 Å². The third kappa shape index (κ3) is 4.97.